The summed E-state index contributed by atoms with van der Waals surface area (Å²) in [4.78, 5) is 19.9. The molecule has 5 nitrogen and oxygen atoms in total. The van der Waals surface area contributed by atoms with Gasteiger partial charge in [0.05, 0.1) is 33.5 Å². The number of rotatable bonds is 5. The standard InChI is InChI=1S/C22H24Cl2N4O/c1-2-28-20-8-4-3-7-19(20)26-21(28)14-27-11-5-6-15(13-27)22(29)25-16-9-10-17(23)18(24)12-16/h3-4,7-10,12,15H,2,5-6,11,13-14H2,1H3,(H,25,29)/t15-/m0/s1. The van der Waals surface area contributed by atoms with Crippen LogP contribution in [0.1, 0.15) is 25.6 Å². The van der Waals surface area contributed by atoms with Gasteiger partial charge in [0, 0.05) is 18.8 Å². The van der Waals surface area contributed by atoms with Crippen LogP contribution < -0.4 is 5.32 Å². The minimum absolute atomic E-state index is 0.0251. The number of piperidine rings is 1. The van der Waals surface area contributed by atoms with Crippen LogP contribution in [0.3, 0.4) is 0 Å². The summed E-state index contributed by atoms with van der Waals surface area (Å²) in [7, 11) is 0. The van der Waals surface area contributed by atoms with Crippen molar-refractivity contribution in [1.82, 2.24) is 14.5 Å². The highest BCUT2D eigenvalue weighted by atomic mass is 35.5. The van der Waals surface area contributed by atoms with Crippen molar-refractivity contribution in [3.05, 3.63) is 58.3 Å². The van der Waals surface area contributed by atoms with Gasteiger partial charge in [0.2, 0.25) is 5.91 Å². The van der Waals surface area contributed by atoms with Crippen LogP contribution in [0.15, 0.2) is 42.5 Å². The Morgan fingerprint density at radius 3 is 2.83 bits per heavy atom. The van der Waals surface area contributed by atoms with E-state index in [1.165, 1.54) is 0 Å². The first-order valence-electron chi connectivity index (χ1n) is 9.97. The lowest BCUT2D eigenvalue weighted by Gasteiger charge is -2.31. The number of carbonyl (C=O) groups excluding carboxylic acids is 1. The molecule has 1 saturated heterocycles. The Bertz CT molecular complexity index is 1030. The first-order chi connectivity index (χ1) is 14.0. The molecule has 152 valence electrons. The largest absolute Gasteiger partial charge is 0.327 e. The van der Waals surface area contributed by atoms with Gasteiger partial charge < -0.3 is 9.88 Å². The normalized spacial score (nSPS) is 17.6. The highest BCUT2D eigenvalue weighted by Gasteiger charge is 2.27. The second-order valence-electron chi connectivity index (χ2n) is 7.45. The van der Waals surface area contributed by atoms with Gasteiger partial charge in [0.15, 0.2) is 0 Å². The summed E-state index contributed by atoms with van der Waals surface area (Å²) in [6, 6.07) is 13.4. The number of nitrogens with zero attached hydrogens (tertiary/aromatic N) is 3. The van der Waals surface area contributed by atoms with Gasteiger partial charge in [0.25, 0.3) is 0 Å². The second-order valence-corrected chi connectivity index (χ2v) is 8.27. The molecule has 3 aromatic rings. The molecule has 1 atom stereocenters. The first-order valence-corrected chi connectivity index (χ1v) is 10.7. The van der Waals surface area contributed by atoms with Crippen molar-refractivity contribution in [2.75, 3.05) is 18.4 Å². The van der Waals surface area contributed by atoms with Crippen molar-refractivity contribution in [2.45, 2.75) is 32.9 Å². The Balaban J connectivity index is 1.44. The molecular weight excluding hydrogens is 407 g/mol. The van der Waals surface area contributed by atoms with Crippen molar-refractivity contribution in [3.63, 3.8) is 0 Å². The van der Waals surface area contributed by atoms with Gasteiger partial charge in [-0.1, -0.05) is 35.3 Å². The van der Waals surface area contributed by atoms with E-state index in [2.05, 4.69) is 33.8 Å². The number of aryl methyl sites for hydroxylation is 1. The van der Waals surface area contributed by atoms with E-state index in [9.17, 15) is 4.79 Å². The van der Waals surface area contributed by atoms with E-state index >= 15 is 0 Å². The zero-order valence-corrected chi connectivity index (χ0v) is 17.9. The average Bonchev–Trinajstić information content (AvgIpc) is 3.07. The minimum atomic E-state index is -0.0577. The van der Waals surface area contributed by atoms with Gasteiger partial charge in [-0.05, 0) is 56.6 Å². The van der Waals surface area contributed by atoms with Gasteiger partial charge >= 0.3 is 0 Å². The molecule has 0 bridgehead atoms. The fourth-order valence-corrected chi connectivity index (χ4v) is 4.33. The Hall–Kier alpha value is -2.08. The average molecular weight is 431 g/mol. The summed E-state index contributed by atoms with van der Waals surface area (Å²) in [6.45, 7) is 5.47. The number of amides is 1. The van der Waals surface area contributed by atoms with Crippen LogP contribution in [0.2, 0.25) is 10.0 Å². The maximum Gasteiger partial charge on any atom is 0.228 e. The van der Waals surface area contributed by atoms with Gasteiger partial charge in [-0.3, -0.25) is 9.69 Å². The van der Waals surface area contributed by atoms with Crippen LogP contribution in [-0.4, -0.2) is 33.4 Å². The third-order valence-electron chi connectivity index (χ3n) is 5.48. The predicted octanol–water partition coefficient (Wildman–Crippen LogP) is 5.21. The molecule has 29 heavy (non-hydrogen) atoms. The SMILES string of the molecule is CCn1c(CN2CCC[C@H](C(=O)Nc3ccc(Cl)c(Cl)c3)C2)nc2ccccc21. The number of imidazole rings is 1. The molecule has 2 aromatic carbocycles. The number of aromatic nitrogens is 2. The zero-order chi connectivity index (χ0) is 20.4. The van der Waals surface area contributed by atoms with E-state index < -0.39 is 0 Å². The number of anilines is 1. The molecule has 1 aliphatic heterocycles. The molecule has 1 fully saturated rings. The molecule has 0 saturated carbocycles. The van der Waals surface area contributed by atoms with E-state index in [1.807, 2.05) is 12.1 Å². The summed E-state index contributed by atoms with van der Waals surface area (Å²) < 4.78 is 2.26. The molecular formula is C22H24Cl2N4O. The van der Waals surface area contributed by atoms with Gasteiger partial charge in [-0.2, -0.15) is 0 Å². The molecule has 0 aliphatic carbocycles. The fraction of sp³-hybridized carbons (Fsp3) is 0.364. The Labute approximate surface area is 180 Å². The lowest BCUT2D eigenvalue weighted by Crippen LogP contribution is -2.40. The number of halogens is 2. The number of nitrogens with one attached hydrogen (secondary N) is 1. The van der Waals surface area contributed by atoms with Crippen molar-refractivity contribution >= 4 is 45.8 Å². The van der Waals surface area contributed by atoms with E-state index in [0.29, 0.717) is 15.7 Å². The minimum Gasteiger partial charge on any atom is -0.327 e. The maximum absolute atomic E-state index is 12.8. The topological polar surface area (TPSA) is 50.2 Å². The first kappa shape index (κ1) is 20.2. The Morgan fingerprint density at radius 1 is 1.21 bits per heavy atom. The number of para-hydroxylation sites is 2. The van der Waals surface area contributed by atoms with Crippen LogP contribution in [0, 0.1) is 5.92 Å². The molecule has 1 N–H and O–H groups in total. The van der Waals surface area contributed by atoms with Crippen LogP contribution in [0.25, 0.3) is 11.0 Å². The van der Waals surface area contributed by atoms with Gasteiger partial charge in [-0.25, -0.2) is 4.98 Å². The van der Waals surface area contributed by atoms with Gasteiger partial charge in [-0.15, -0.1) is 0 Å². The Kier molecular flexibility index (Phi) is 6.09. The number of hydrogen-bond acceptors (Lipinski definition) is 3. The maximum atomic E-state index is 12.8. The van der Waals surface area contributed by atoms with E-state index in [4.69, 9.17) is 28.2 Å². The molecule has 1 aliphatic rings. The number of hydrogen-bond donors (Lipinski definition) is 1. The van der Waals surface area contributed by atoms with Crippen molar-refractivity contribution < 1.29 is 4.79 Å². The van der Waals surface area contributed by atoms with Crippen LogP contribution in [0.4, 0.5) is 5.69 Å². The molecule has 0 unspecified atom stereocenters. The van der Waals surface area contributed by atoms with E-state index in [-0.39, 0.29) is 11.8 Å². The molecule has 0 spiro atoms. The molecule has 1 aromatic heterocycles. The van der Waals surface area contributed by atoms with E-state index in [0.717, 1.165) is 55.9 Å². The molecule has 0 radical (unpaired) electrons. The predicted molar refractivity (Wildman–Crippen MR) is 118 cm³/mol. The van der Waals surface area contributed by atoms with Crippen molar-refractivity contribution in [3.8, 4) is 0 Å². The molecule has 1 amide bonds. The lowest BCUT2D eigenvalue weighted by atomic mass is 9.97. The quantitative estimate of drug-likeness (QED) is 0.603. The second kappa shape index (κ2) is 8.74. The molecule has 7 heteroatoms. The van der Waals surface area contributed by atoms with Crippen LogP contribution >= 0.6 is 23.2 Å². The highest BCUT2D eigenvalue weighted by Crippen LogP contribution is 2.26. The highest BCUT2D eigenvalue weighted by molar-refractivity contribution is 6.42. The summed E-state index contributed by atoms with van der Waals surface area (Å²) in [5, 5.41) is 3.90. The summed E-state index contributed by atoms with van der Waals surface area (Å²) in [5.74, 6) is 1.02. The zero-order valence-electron chi connectivity index (χ0n) is 16.4. The monoisotopic (exact) mass is 430 g/mol. The third-order valence-corrected chi connectivity index (χ3v) is 6.22. The number of fused-ring (bicyclic) bond motifs is 1. The molecule has 4 rings (SSSR count). The lowest BCUT2D eigenvalue weighted by molar-refractivity contribution is -0.121. The van der Waals surface area contributed by atoms with E-state index in [1.54, 1.807) is 18.2 Å². The third kappa shape index (κ3) is 4.42. The summed E-state index contributed by atoms with van der Waals surface area (Å²) >= 11 is 12.0. The number of likely N-dealkylation sites (tertiary alicyclic amines) is 1. The molecule has 2 heterocycles. The Morgan fingerprint density at radius 2 is 2.03 bits per heavy atom. The fourth-order valence-electron chi connectivity index (χ4n) is 4.03. The van der Waals surface area contributed by atoms with Crippen LogP contribution in [-0.2, 0) is 17.9 Å². The van der Waals surface area contributed by atoms with Gasteiger partial charge in [0.1, 0.15) is 5.82 Å². The smallest absolute Gasteiger partial charge is 0.228 e. The van der Waals surface area contributed by atoms with Crippen LogP contribution in [0.5, 0.6) is 0 Å². The number of carbonyl (C=O) groups is 1. The summed E-state index contributed by atoms with van der Waals surface area (Å²) in [5.41, 5.74) is 2.86. The van der Waals surface area contributed by atoms with Crippen molar-refractivity contribution in [2.24, 2.45) is 5.92 Å². The number of benzene rings is 2. The summed E-state index contributed by atoms with van der Waals surface area (Å²) in [6.07, 6.45) is 1.87. The van der Waals surface area contributed by atoms with Crippen molar-refractivity contribution in [1.29, 1.82) is 0 Å².